The Morgan fingerprint density at radius 1 is 1.00 bits per heavy atom. The summed E-state index contributed by atoms with van der Waals surface area (Å²) in [5.41, 5.74) is 1.98. The van der Waals surface area contributed by atoms with Gasteiger partial charge in [0.2, 0.25) is 5.91 Å². The number of carbonyl (C=O) groups is 2. The quantitative estimate of drug-likeness (QED) is 0.678. The van der Waals surface area contributed by atoms with Crippen LogP contribution in [0.1, 0.15) is 21.5 Å². The van der Waals surface area contributed by atoms with E-state index in [1.165, 1.54) is 12.0 Å². The average Bonchev–Trinajstić information content (AvgIpc) is 2.65. The normalized spacial score (nSPS) is 12.3. The van der Waals surface area contributed by atoms with Crippen LogP contribution in [0.3, 0.4) is 0 Å². The first-order chi connectivity index (χ1) is 12.7. The lowest BCUT2D eigenvalue weighted by molar-refractivity contribution is -0.129. The van der Waals surface area contributed by atoms with E-state index in [0.717, 1.165) is 17.4 Å². The van der Waals surface area contributed by atoms with E-state index in [4.69, 9.17) is 0 Å². The predicted molar refractivity (Wildman–Crippen MR) is 103 cm³/mol. The SMILES string of the molecule is COC(=O)c1ccc(CN(C)C(=O)[C@@H](Cc2ccccc2)S(C)(=O)=O)cc1. The fraction of sp³-hybridized carbons (Fsp3) is 0.300. The van der Waals surface area contributed by atoms with Gasteiger partial charge in [0.15, 0.2) is 9.84 Å². The van der Waals surface area contributed by atoms with E-state index in [1.807, 2.05) is 18.2 Å². The molecule has 0 aromatic heterocycles. The molecule has 1 amide bonds. The highest BCUT2D eigenvalue weighted by Crippen LogP contribution is 2.15. The van der Waals surface area contributed by atoms with Crippen LogP contribution in [0.4, 0.5) is 0 Å². The molecule has 0 fully saturated rings. The van der Waals surface area contributed by atoms with Crippen LogP contribution in [0.2, 0.25) is 0 Å². The molecule has 2 rings (SSSR count). The van der Waals surface area contributed by atoms with Crippen molar-refractivity contribution in [1.29, 1.82) is 0 Å². The van der Waals surface area contributed by atoms with E-state index in [1.54, 1.807) is 43.4 Å². The van der Waals surface area contributed by atoms with Gasteiger partial charge in [0.05, 0.1) is 12.7 Å². The lowest BCUT2D eigenvalue weighted by Crippen LogP contribution is -2.41. The number of carbonyl (C=O) groups excluding carboxylic acids is 2. The molecule has 2 aromatic rings. The first kappa shape index (κ1) is 20.6. The minimum atomic E-state index is -3.57. The van der Waals surface area contributed by atoms with Gasteiger partial charge in [-0.3, -0.25) is 4.79 Å². The van der Waals surface area contributed by atoms with Gasteiger partial charge in [-0.2, -0.15) is 0 Å². The van der Waals surface area contributed by atoms with Gasteiger partial charge in [0.1, 0.15) is 5.25 Å². The zero-order valence-corrected chi connectivity index (χ0v) is 16.4. The summed E-state index contributed by atoms with van der Waals surface area (Å²) in [6.07, 6.45) is 1.21. The van der Waals surface area contributed by atoms with Crippen molar-refractivity contribution in [2.24, 2.45) is 0 Å². The van der Waals surface area contributed by atoms with Crippen molar-refractivity contribution in [3.05, 3.63) is 71.3 Å². The van der Waals surface area contributed by atoms with Gasteiger partial charge in [-0.25, -0.2) is 13.2 Å². The monoisotopic (exact) mass is 389 g/mol. The third-order valence-corrected chi connectivity index (χ3v) is 5.63. The second-order valence-corrected chi connectivity index (χ2v) is 8.62. The van der Waals surface area contributed by atoms with Gasteiger partial charge < -0.3 is 9.64 Å². The third-order valence-electron chi connectivity index (χ3n) is 4.23. The molecule has 0 bridgehead atoms. The summed E-state index contributed by atoms with van der Waals surface area (Å²) in [5, 5.41) is -1.14. The topological polar surface area (TPSA) is 80.8 Å². The van der Waals surface area contributed by atoms with E-state index in [-0.39, 0.29) is 13.0 Å². The molecular formula is C20H23NO5S. The second kappa shape index (κ2) is 8.81. The Morgan fingerprint density at radius 2 is 1.59 bits per heavy atom. The number of rotatable bonds is 7. The van der Waals surface area contributed by atoms with Crippen molar-refractivity contribution in [2.75, 3.05) is 20.4 Å². The van der Waals surface area contributed by atoms with Crippen molar-refractivity contribution < 1.29 is 22.7 Å². The summed E-state index contributed by atoms with van der Waals surface area (Å²) < 4.78 is 29.0. The molecule has 0 saturated heterocycles. The lowest BCUT2D eigenvalue weighted by Gasteiger charge is -2.23. The number of methoxy groups -OCH3 is 1. The first-order valence-electron chi connectivity index (χ1n) is 8.37. The van der Waals surface area contributed by atoms with E-state index in [2.05, 4.69) is 4.74 Å². The van der Waals surface area contributed by atoms with Crippen LogP contribution < -0.4 is 0 Å². The number of amides is 1. The van der Waals surface area contributed by atoms with E-state index in [9.17, 15) is 18.0 Å². The summed E-state index contributed by atoms with van der Waals surface area (Å²) in [6.45, 7) is 0.237. The maximum absolute atomic E-state index is 12.8. The number of benzene rings is 2. The van der Waals surface area contributed by atoms with Crippen molar-refractivity contribution in [1.82, 2.24) is 4.90 Å². The molecule has 0 aliphatic heterocycles. The lowest BCUT2D eigenvalue weighted by atomic mass is 10.1. The summed E-state index contributed by atoms with van der Waals surface area (Å²) in [5.74, 6) is -0.899. The molecule has 0 spiro atoms. The van der Waals surface area contributed by atoms with Crippen molar-refractivity contribution in [3.63, 3.8) is 0 Å². The molecule has 144 valence electrons. The van der Waals surface area contributed by atoms with E-state index < -0.39 is 27.0 Å². The number of hydrogen-bond donors (Lipinski definition) is 0. The van der Waals surface area contributed by atoms with Gasteiger partial charge in [0.25, 0.3) is 0 Å². The Kier molecular flexibility index (Phi) is 6.74. The zero-order chi connectivity index (χ0) is 20.0. The molecule has 0 saturated carbocycles. The predicted octanol–water partition coefficient (Wildman–Crippen LogP) is 2.09. The molecule has 0 heterocycles. The summed E-state index contributed by atoms with van der Waals surface area (Å²) in [4.78, 5) is 25.7. The molecule has 0 N–H and O–H groups in total. The number of sulfone groups is 1. The van der Waals surface area contributed by atoms with Crippen LogP contribution >= 0.6 is 0 Å². The Morgan fingerprint density at radius 3 is 2.11 bits per heavy atom. The number of ether oxygens (including phenoxy) is 1. The highest BCUT2D eigenvalue weighted by molar-refractivity contribution is 7.92. The minimum Gasteiger partial charge on any atom is -0.465 e. The van der Waals surface area contributed by atoms with Gasteiger partial charge >= 0.3 is 5.97 Å². The van der Waals surface area contributed by atoms with Crippen molar-refractivity contribution >= 4 is 21.7 Å². The van der Waals surface area contributed by atoms with E-state index >= 15 is 0 Å². The van der Waals surface area contributed by atoms with Crippen LogP contribution in [0.5, 0.6) is 0 Å². The van der Waals surface area contributed by atoms with Crippen molar-refractivity contribution in [3.8, 4) is 0 Å². The Labute approximate surface area is 159 Å². The molecule has 1 atom stereocenters. The standard InChI is InChI=1S/C20H23NO5S/c1-21(14-16-9-11-17(12-10-16)20(23)26-2)19(22)18(27(3,24)25)13-15-7-5-4-6-8-15/h4-12,18H,13-14H2,1-3H3/t18-/m1/s1. The highest BCUT2D eigenvalue weighted by Gasteiger charge is 2.31. The molecule has 0 aliphatic carbocycles. The zero-order valence-electron chi connectivity index (χ0n) is 15.6. The van der Waals surface area contributed by atoms with Crippen molar-refractivity contribution in [2.45, 2.75) is 18.2 Å². The molecule has 6 nitrogen and oxygen atoms in total. The van der Waals surface area contributed by atoms with Gasteiger partial charge in [0, 0.05) is 19.8 Å². The highest BCUT2D eigenvalue weighted by atomic mass is 32.2. The van der Waals surface area contributed by atoms with Crippen LogP contribution in [0.25, 0.3) is 0 Å². The molecule has 0 radical (unpaired) electrons. The number of hydrogen-bond acceptors (Lipinski definition) is 5. The fourth-order valence-corrected chi connectivity index (χ4v) is 3.75. The molecule has 0 unspecified atom stereocenters. The first-order valence-corrected chi connectivity index (χ1v) is 10.3. The van der Waals surface area contributed by atoms with Gasteiger partial charge in [-0.1, -0.05) is 42.5 Å². The smallest absolute Gasteiger partial charge is 0.337 e. The number of esters is 1. The Balaban J connectivity index is 2.13. The summed E-state index contributed by atoms with van der Waals surface area (Å²) in [6, 6.07) is 15.7. The maximum Gasteiger partial charge on any atom is 0.337 e. The van der Waals surface area contributed by atoms with Gasteiger partial charge in [-0.15, -0.1) is 0 Å². The van der Waals surface area contributed by atoms with E-state index in [0.29, 0.717) is 5.56 Å². The van der Waals surface area contributed by atoms with Crippen LogP contribution in [0, 0.1) is 0 Å². The molecule has 7 heteroatoms. The fourth-order valence-electron chi connectivity index (χ4n) is 2.71. The molecular weight excluding hydrogens is 366 g/mol. The van der Waals surface area contributed by atoms with Gasteiger partial charge in [-0.05, 0) is 29.7 Å². The van der Waals surface area contributed by atoms with Crippen LogP contribution in [-0.2, 0) is 32.3 Å². The molecule has 2 aromatic carbocycles. The Hall–Kier alpha value is -2.67. The number of nitrogens with zero attached hydrogens (tertiary/aromatic N) is 1. The van der Waals surface area contributed by atoms with Crippen LogP contribution in [-0.4, -0.2) is 50.9 Å². The third kappa shape index (κ3) is 5.65. The Bertz CT molecular complexity index is 892. The van der Waals surface area contributed by atoms with Crippen LogP contribution in [0.15, 0.2) is 54.6 Å². The molecule has 27 heavy (non-hydrogen) atoms. The summed E-state index contributed by atoms with van der Waals surface area (Å²) in [7, 11) is -0.698. The maximum atomic E-state index is 12.8. The second-order valence-electron chi connectivity index (χ2n) is 6.39. The summed E-state index contributed by atoms with van der Waals surface area (Å²) >= 11 is 0. The molecule has 0 aliphatic rings. The average molecular weight is 389 g/mol. The largest absolute Gasteiger partial charge is 0.465 e. The minimum absolute atomic E-state index is 0.129.